The summed E-state index contributed by atoms with van der Waals surface area (Å²) in [6, 6.07) is 0. The predicted molar refractivity (Wildman–Crippen MR) is 133 cm³/mol. The van der Waals surface area contributed by atoms with E-state index in [-0.39, 0.29) is 13.2 Å². The van der Waals surface area contributed by atoms with Crippen LogP contribution in [0, 0.1) is 0 Å². The van der Waals surface area contributed by atoms with Crippen molar-refractivity contribution in [2.75, 3.05) is 39.4 Å². The van der Waals surface area contributed by atoms with Gasteiger partial charge in [0.1, 0.15) is 19.4 Å². The summed E-state index contributed by atoms with van der Waals surface area (Å²) in [5.74, 6) is 0. The number of nitrogens with zero attached hydrogens (tertiary/aromatic N) is 1. The zero-order valence-corrected chi connectivity index (χ0v) is 21.0. The third-order valence-corrected chi connectivity index (χ3v) is 6.84. The van der Waals surface area contributed by atoms with Crippen molar-refractivity contribution in [3.63, 3.8) is 0 Å². The van der Waals surface area contributed by atoms with Gasteiger partial charge in [0.15, 0.2) is 0 Å². The molecule has 4 heteroatoms. The van der Waals surface area contributed by atoms with Crippen molar-refractivity contribution in [1.82, 2.24) is 0 Å². The molecule has 0 saturated carbocycles. The number of carbonyl (C=O) groups excluding carboxylic acids is 1. The molecule has 186 valence electrons. The van der Waals surface area contributed by atoms with Crippen LogP contribution in [0.1, 0.15) is 129 Å². The van der Waals surface area contributed by atoms with E-state index in [1.807, 2.05) is 0 Å². The van der Waals surface area contributed by atoms with Crippen LogP contribution in [0.2, 0.25) is 0 Å². The van der Waals surface area contributed by atoms with Crippen LogP contribution in [0.4, 0.5) is 0 Å². The van der Waals surface area contributed by atoms with Crippen LogP contribution in [-0.4, -0.2) is 60.4 Å². The van der Waals surface area contributed by atoms with Crippen LogP contribution in [0.15, 0.2) is 0 Å². The van der Waals surface area contributed by atoms with Gasteiger partial charge in [-0.05, 0) is 25.7 Å². The predicted octanol–water partition coefficient (Wildman–Crippen LogP) is 6.42. The lowest BCUT2D eigenvalue weighted by Gasteiger charge is -2.38. The Bertz CT molecular complexity index is 356. The fourth-order valence-electron chi connectivity index (χ4n) is 4.77. The minimum Gasteiger partial charge on any atom is -0.391 e. The third kappa shape index (κ3) is 19.9. The summed E-state index contributed by atoms with van der Waals surface area (Å²) in [6.45, 7) is 6.08. The number of aliphatic hydroxyl groups excluding tert-OH is 2. The lowest BCUT2D eigenvalue weighted by molar-refractivity contribution is -0.929. The molecule has 2 N–H and O–H groups in total. The Morgan fingerprint density at radius 3 is 1.23 bits per heavy atom. The van der Waals surface area contributed by atoms with Crippen molar-refractivity contribution in [3.8, 4) is 0 Å². The van der Waals surface area contributed by atoms with E-state index in [9.17, 15) is 15.0 Å². The molecule has 0 aliphatic rings. The molecule has 0 saturated heterocycles. The highest BCUT2D eigenvalue weighted by atomic mass is 16.3. The maximum absolute atomic E-state index is 10.5. The molecule has 0 aliphatic carbocycles. The van der Waals surface area contributed by atoms with E-state index >= 15 is 0 Å². The Morgan fingerprint density at radius 1 is 0.516 bits per heavy atom. The number of hydrogen-bond acceptors (Lipinski definition) is 3. The second-order valence-electron chi connectivity index (χ2n) is 9.65. The van der Waals surface area contributed by atoms with Crippen LogP contribution >= 0.6 is 0 Å². The zero-order chi connectivity index (χ0) is 22.9. The van der Waals surface area contributed by atoms with Gasteiger partial charge in [-0.25, -0.2) is 0 Å². The minimum atomic E-state index is 0.173. The molecule has 0 aromatic heterocycles. The molecule has 0 rings (SSSR count). The zero-order valence-electron chi connectivity index (χ0n) is 21.0. The van der Waals surface area contributed by atoms with Gasteiger partial charge in [0.2, 0.25) is 0 Å². The Hall–Kier alpha value is -0.450. The summed E-state index contributed by atoms with van der Waals surface area (Å²) in [5, 5.41) is 19.0. The molecule has 0 heterocycles. The molecule has 0 unspecified atom stereocenters. The van der Waals surface area contributed by atoms with Gasteiger partial charge in [0.05, 0.1) is 26.3 Å². The fraction of sp³-hybridized carbons (Fsp3) is 0.963. The SMILES string of the molecule is CCCCCCCCCCCCCCCCCC[N+](CCO)(CCO)CCCCC=O. The molecule has 0 aromatic rings. The largest absolute Gasteiger partial charge is 0.391 e. The molecule has 4 nitrogen and oxygen atoms in total. The first kappa shape index (κ1) is 30.6. The molecule has 0 aliphatic heterocycles. The highest BCUT2D eigenvalue weighted by molar-refractivity contribution is 5.48. The first-order valence-corrected chi connectivity index (χ1v) is 13.7. The summed E-state index contributed by atoms with van der Waals surface area (Å²) in [4.78, 5) is 10.5. The Morgan fingerprint density at radius 2 is 0.871 bits per heavy atom. The normalized spacial score (nSPS) is 11.8. The summed E-state index contributed by atoms with van der Waals surface area (Å²) in [6.07, 6.45) is 25.5. The second-order valence-corrected chi connectivity index (χ2v) is 9.65. The number of hydrogen-bond donors (Lipinski definition) is 2. The van der Waals surface area contributed by atoms with Gasteiger partial charge in [0.25, 0.3) is 0 Å². The Balaban J connectivity index is 3.66. The molecule has 0 atom stereocenters. The molecule has 0 fully saturated rings. The molecule has 0 radical (unpaired) electrons. The number of unbranched alkanes of at least 4 members (excludes halogenated alkanes) is 17. The van der Waals surface area contributed by atoms with E-state index in [0.29, 0.717) is 6.42 Å². The second kappa shape index (κ2) is 24.2. The van der Waals surface area contributed by atoms with Gasteiger partial charge >= 0.3 is 0 Å². The Kier molecular flexibility index (Phi) is 23.8. The van der Waals surface area contributed by atoms with Crippen LogP contribution < -0.4 is 0 Å². The van der Waals surface area contributed by atoms with Gasteiger partial charge in [-0.3, -0.25) is 0 Å². The summed E-state index contributed by atoms with van der Waals surface area (Å²) >= 11 is 0. The maximum atomic E-state index is 10.5. The topological polar surface area (TPSA) is 57.5 Å². The molecular weight excluding hydrogens is 386 g/mol. The van der Waals surface area contributed by atoms with Crippen LogP contribution in [-0.2, 0) is 4.79 Å². The van der Waals surface area contributed by atoms with E-state index in [1.165, 1.54) is 103 Å². The molecule has 31 heavy (non-hydrogen) atoms. The van der Waals surface area contributed by atoms with Gasteiger partial charge in [-0.2, -0.15) is 0 Å². The van der Waals surface area contributed by atoms with Gasteiger partial charge < -0.3 is 19.5 Å². The van der Waals surface area contributed by atoms with Crippen LogP contribution in [0.5, 0.6) is 0 Å². The van der Waals surface area contributed by atoms with Gasteiger partial charge in [-0.15, -0.1) is 0 Å². The van der Waals surface area contributed by atoms with Crippen LogP contribution in [0.3, 0.4) is 0 Å². The highest BCUT2D eigenvalue weighted by Gasteiger charge is 2.25. The van der Waals surface area contributed by atoms with Crippen molar-refractivity contribution in [1.29, 1.82) is 0 Å². The van der Waals surface area contributed by atoms with E-state index in [2.05, 4.69) is 6.92 Å². The number of quaternary nitrogens is 1. The number of aliphatic hydroxyl groups is 2. The van der Waals surface area contributed by atoms with E-state index < -0.39 is 0 Å². The minimum absolute atomic E-state index is 0.173. The molecule has 0 aromatic carbocycles. The molecule has 0 spiro atoms. The summed E-state index contributed by atoms with van der Waals surface area (Å²) < 4.78 is 0.810. The Labute approximate surface area is 194 Å². The first-order valence-electron chi connectivity index (χ1n) is 13.7. The summed E-state index contributed by atoms with van der Waals surface area (Å²) in [7, 11) is 0. The lowest BCUT2D eigenvalue weighted by atomic mass is 10.0. The molecule has 0 amide bonds. The van der Waals surface area contributed by atoms with E-state index in [1.54, 1.807) is 0 Å². The molecule has 0 bridgehead atoms. The quantitative estimate of drug-likeness (QED) is 0.0923. The van der Waals surface area contributed by atoms with Gasteiger partial charge in [-0.1, -0.05) is 96.8 Å². The van der Waals surface area contributed by atoms with Crippen molar-refractivity contribution in [2.45, 2.75) is 129 Å². The summed E-state index contributed by atoms with van der Waals surface area (Å²) in [5.41, 5.74) is 0. The standard InChI is InChI=1S/C27H56NO3/c1-2-3-4-5-6-7-8-9-10-11-12-13-14-15-16-18-21-28(23-26-30,24-27-31)22-19-17-20-25-29/h25,30-31H,2-24,26-27H2,1H3/q+1. The average Bonchev–Trinajstić information content (AvgIpc) is 2.77. The number of aldehydes is 1. The first-order chi connectivity index (χ1) is 15.2. The molecular formula is C27H56NO3+. The van der Waals surface area contributed by atoms with Crippen molar-refractivity contribution in [3.05, 3.63) is 0 Å². The maximum Gasteiger partial charge on any atom is 0.119 e. The number of rotatable bonds is 26. The number of carbonyl (C=O) groups is 1. The lowest BCUT2D eigenvalue weighted by Crippen LogP contribution is -2.52. The van der Waals surface area contributed by atoms with Crippen molar-refractivity contribution < 1.29 is 19.5 Å². The average molecular weight is 443 g/mol. The van der Waals surface area contributed by atoms with Crippen molar-refractivity contribution in [2.24, 2.45) is 0 Å². The van der Waals surface area contributed by atoms with E-state index in [4.69, 9.17) is 0 Å². The van der Waals surface area contributed by atoms with Crippen LogP contribution in [0.25, 0.3) is 0 Å². The van der Waals surface area contributed by atoms with Gasteiger partial charge in [0, 0.05) is 6.42 Å². The highest BCUT2D eigenvalue weighted by Crippen LogP contribution is 2.16. The van der Waals surface area contributed by atoms with Crippen molar-refractivity contribution >= 4 is 6.29 Å². The monoisotopic (exact) mass is 442 g/mol. The smallest absolute Gasteiger partial charge is 0.119 e. The third-order valence-electron chi connectivity index (χ3n) is 6.84. The fourth-order valence-corrected chi connectivity index (χ4v) is 4.77. The van der Waals surface area contributed by atoms with E-state index in [0.717, 1.165) is 49.8 Å².